The molecule has 1 saturated heterocycles. The molecule has 1 fully saturated rings. The summed E-state index contributed by atoms with van der Waals surface area (Å²) in [6, 6.07) is 1.95. The summed E-state index contributed by atoms with van der Waals surface area (Å²) < 4.78 is 0. The van der Waals surface area contributed by atoms with Gasteiger partial charge < -0.3 is 10.0 Å². The minimum atomic E-state index is -0.771. The molecule has 5 nitrogen and oxygen atoms in total. The van der Waals surface area contributed by atoms with Crippen LogP contribution in [0.4, 0.5) is 5.82 Å². The van der Waals surface area contributed by atoms with E-state index in [2.05, 4.69) is 15.1 Å². The van der Waals surface area contributed by atoms with Crippen molar-refractivity contribution in [3.63, 3.8) is 0 Å². The van der Waals surface area contributed by atoms with Crippen molar-refractivity contribution in [1.29, 1.82) is 0 Å². The average Bonchev–Trinajstić information content (AvgIpc) is 2.85. The number of hydrogen-bond acceptors (Lipinski definition) is 3. The Morgan fingerprint density at radius 2 is 2.27 bits per heavy atom. The van der Waals surface area contributed by atoms with Gasteiger partial charge in [-0.2, -0.15) is 5.10 Å². The van der Waals surface area contributed by atoms with Crippen molar-refractivity contribution in [1.82, 2.24) is 10.2 Å². The van der Waals surface area contributed by atoms with Gasteiger partial charge >= 0.3 is 5.97 Å². The summed E-state index contributed by atoms with van der Waals surface area (Å²) in [5.74, 6) is 0.181. The summed E-state index contributed by atoms with van der Waals surface area (Å²) in [6.45, 7) is 2.12. The first kappa shape index (κ1) is 10.0. The number of aromatic nitrogens is 2. The molecular formula is C10H15N3O2. The summed E-state index contributed by atoms with van der Waals surface area (Å²) >= 11 is 0. The lowest BCUT2D eigenvalue weighted by atomic mass is 10.2. The molecule has 1 aromatic rings. The minimum Gasteiger partial charge on any atom is -0.481 e. The van der Waals surface area contributed by atoms with Crippen molar-refractivity contribution < 1.29 is 9.90 Å². The van der Waals surface area contributed by atoms with E-state index in [9.17, 15) is 4.79 Å². The Morgan fingerprint density at radius 3 is 2.93 bits per heavy atom. The molecule has 0 spiro atoms. The van der Waals surface area contributed by atoms with Crippen molar-refractivity contribution >= 4 is 11.8 Å². The van der Waals surface area contributed by atoms with E-state index in [1.165, 1.54) is 12.8 Å². The van der Waals surface area contributed by atoms with Crippen LogP contribution in [0.15, 0.2) is 6.07 Å². The Hall–Kier alpha value is -1.52. The number of aromatic amines is 1. The lowest BCUT2D eigenvalue weighted by molar-refractivity contribution is -0.136. The first-order valence-corrected chi connectivity index (χ1v) is 5.27. The van der Waals surface area contributed by atoms with Crippen LogP contribution in [-0.4, -0.2) is 34.4 Å². The molecule has 82 valence electrons. The maximum Gasteiger partial charge on any atom is 0.303 e. The van der Waals surface area contributed by atoms with Crippen LogP contribution in [0.2, 0.25) is 0 Å². The highest BCUT2D eigenvalue weighted by Gasteiger charge is 2.15. The molecule has 0 unspecified atom stereocenters. The molecule has 5 heteroatoms. The van der Waals surface area contributed by atoms with Crippen molar-refractivity contribution in [3.8, 4) is 0 Å². The van der Waals surface area contributed by atoms with Gasteiger partial charge in [0.2, 0.25) is 0 Å². The molecule has 15 heavy (non-hydrogen) atoms. The Bertz CT molecular complexity index is 342. The number of carbonyl (C=O) groups is 1. The minimum absolute atomic E-state index is 0.154. The van der Waals surface area contributed by atoms with Crippen LogP contribution in [0, 0.1) is 0 Å². The second-order valence-corrected chi connectivity index (χ2v) is 3.84. The standard InChI is InChI=1S/C10H15N3O2/c14-10(15)4-3-8-7-9(12-11-8)13-5-1-2-6-13/h7H,1-6H2,(H,11,12)(H,14,15). The van der Waals surface area contributed by atoms with E-state index in [4.69, 9.17) is 5.11 Å². The maximum absolute atomic E-state index is 10.4. The van der Waals surface area contributed by atoms with Crippen molar-refractivity contribution in [2.24, 2.45) is 0 Å². The number of hydrogen-bond donors (Lipinski definition) is 2. The Morgan fingerprint density at radius 1 is 1.53 bits per heavy atom. The van der Waals surface area contributed by atoms with Gasteiger partial charge in [-0.3, -0.25) is 9.89 Å². The van der Waals surface area contributed by atoms with E-state index in [0.717, 1.165) is 24.6 Å². The number of anilines is 1. The van der Waals surface area contributed by atoms with Crippen molar-refractivity contribution in [2.75, 3.05) is 18.0 Å². The number of aliphatic carboxylic acids is 1. The van der Waals surface area contributed by atoms with E-state index in [1.807, 2.05) is 6.07 Å². The number of carboxylic acid groups (broad SMARTS) is 1. The van der Waals surface area contributed by atoms with Crippen LogP contribution >= 0.6 is 0 Å². The Kier molecular flexibility index (Phi) is 2.89. The molecule has 2 heterocycles. The fourth-order valence-electron chi connectivity index (χ4n) is 1.83. The van der Waals surface area contributed by atoms with E-state index >= 15 is 0 Å². The molecule has 0 saturated carbocycles. The van der Waals surface area contributed by atoms with Gasteiger partial charge in [-0.05, 0) is 19.3 Å². The highest BCUT2D eigenvalue weighted by Crippen LogP contribution is 2.18. The lowest BCUT2D eigenvalue weighted by Crippen LogP contribution is -2.17. The Labute approximate surface area is 88.1 Å². The fourth-order valence-corrected chi connectivity index (χ4v) is 1.83. The molecule has 0 aromatic carbocycles. The third-order valence-corrected chi connectivity index (χ3v) is 2.66. The molecule has 2 rings (SSSR count). The van der Waals surface area contributed by atoms with Gasteiger partial charge in [0.25, 0.3) is 0 Å². The molecule has 1 aliphatic heterocycles. The van der Waals surface area contributed by atoms with Crippen LogP contribution < -0.4 is 4.90 Å². The zero-order valence-electron chi connectivity index (χ0n) is 8.57. The lowest BCUT2D eigenvalue weighted by Gasteiger charge is -2.12. The molecule has 0 bridgehead atoms. The third kappa shape index (κ3) is 2.49. The molecule has 0 radical (unpaired) electrons. The fraction of sp³-hybridized carbons (Fsp3) is 0.600. The highest BCUT2D eigenvalue weighted by atomic mass is 16.4. The molecular weight excluding hydrogens is 194 g/mol. The number of carboxylic acids is 1. The second kappa shape index (κ2) is 4.33. The second-order valence-electron chi connectivity index (χ2n) is 3.84. The molecule has 1 aromatic heterocycles. The van der Waals surface area contributed by atoms with Crippen molar-refractivity contribution in [3.05, 3.63) is 11.8 Å². The molecule has 0 aliphatic carbocycles. The molecule has 0 atom stereocenters. The number of rotatable bonds is 4. The van der Waals surface area contributed by atoms with Crippen LogP contribution in [0.5, 0.6) is 0 Å². The van der Waals surface area contributed by atoms with E-state index < -0.39 is 5.97 Å². The largest absolute Gasteiger partial charge is 0.481 e. The Balaban J connectivity index is 1.94. The van der Waals surface area contributed by atoms with Gasteiger partial charge in [0, 0.05) is 24.8 Å². The molecule has 0 amide bonds. The summed E-state index contributed by atoms with van der Waals surface area (Å²) in [4.78, 5) is 12.6. The summed E-state index contributed by atoms with van der Waals surface area (Å²) in [5.41, 5.74) is 0.902. The number of nitrogens with zero attached hydrogens (tertiary/aromatic N) is 2. The van der Waals surface area contributed by atoms with Gasteiger partial charge in [-0.15, -0.1) is 0 Å². The monoisotopic (exact) mass is 209 g/mol. The summed E-state index contributed by atoms with van der Waals surface area (Å²) in [5, 5.41) is 15.6. The topological polar surface area (TPSA) is 69.2 Å². The predicted molar refractivity (Wildman–Crippen MR) is 56.0 cm³/mol. The van der Waals surface area contributed by atoms with Gasteiger partial charge in [0.15, 0.2) is 5.82 Å². The van der Waals surface area contributed by atoms with E-state index in [0.29, 0.717) is 6.42 Å². The smallest absolute Gasteiger partial charge is 0.303 e. The number of H-pyrrole nitrogens is 1. The van der Waals surface area contributed by atoms with E-state index in [-0.39, 0.29) is 6.42 Å². The number of aryl methyl sites for hydroxylation is 1. The summed E-state index contributed by atoms with van der Waals surface area (Å²) in [7, 11) is 0. The van der Waals surface area contributed by atoms with Crippen LogP contribution in [-0.2, 0) is 11.2 Å². The van der Waals surface area contributed by atoms with Gasteiger partial charge in [-0.1, -0.05) is 0 Å². The molecule has 1 aliphatic rings. The van der Waals surface area contributed by atoms with Gasteiger partial charge in [0.1, 0.15) is 0 Å². The van der Waals surface area contributed by atoms with Crippen LogP contribution in [0.3, 0.4) is 0 Å². The zero-order chi connectivity index (χ0) is 10.7. The highest BCUT2D eigenvalue weighted by molar-refractivity contribution is 5.67. The van der Waals surface area contributed by atoms with E-state index in [1.54, 1.807) is 0 Å². The maximum atomic E-state index is 10.4. The third-order valence-electron chi connectivity index (χ3n) is 2.66. The number of nitrogens with one attached hydrogen (secondary N) is 1. The van der Waals surface area contributed by atoms with Crippen LogP contribution in [0.1, 0.15) is 25.0 Å². The van der Waals surface area contributed by atoms with Gasteiger partial charge in [0.05, 0.1) is 6.42 Å². The zero-order valence-corrected chi connectivity index (χ0v) is 8.57. The van der Waals surface area contributed by atoms with Gasteiger partial charge in [-0.25, -0.2) is 0 Å². The predicted octanol–water partition coefficient (Wildman–Crippen LogP) is 1.03. The molecule has 2 N–H and O–H groups in total. The normalized spacial score (nSPS) is 15.9. The first-order valence-electron chi connectivity index (χ1n) is 5.27. The van der Waals surface area contributed by atoms with Crippen molar-refractivity contribution in [2.45, 2.75) is 25.7 Å². The average molecular weight is 209 g/mol. The first-order chi connectivity index (χ1) is 7.25. The summed E-state index contributed by atoms with van der Waals surface area (Å²) in [6.07, 6.45) is 3.12. The quantitative estimate of drug-likeness (QED) is 0.777. The SMILES string of the molecule is O=C(O)CCc1cc(N2CCCC2)n[nH]1. The van der Waals surface area contributed by atoms with Crippen LogP contribution in [0.25, 0.3) is 0 Å².